The standard InChI is InChI=1S/C18H17N3O3/c1-23-16-7-3-2-6-15(16)21-17-14(5-4-9-19-17)18(22)20-11-13-8-10-24-12-13/h2-10,12H,11H2,1H3,(H,19,21)(H,20,22). The molecule has 1 aromatic carbocycles. The van der Waals surface area contributed by atoms with E-state index in [1.54, 1.807) is 44.0 Å². The fourth-order valence-electron chi connectivity index (χ4n) is 2.23. The minimum Gasteiger partial charge on any atom is -0.495 e. The van der Waals surface area contributed by atoms with Gasteiger partial charge in [0.25, 0.3) is 5.91 Å². The number of nitrogens with one attached hydrogen (secondary N) is 2. The van der Waals surface area contributed by atoms with Crippen molar-refractivity contribution in [3.63, 3.8) is 0 Å². The first-order chi connectivity index (χ1) is 11.8. The maximum Gasteiger partial charge on any atom is 0.255 e. The summed E-state index contributed by atoms with van der Waals surface area (Å²) in [6.07, 6.45) is 4.79. The highest BCUT2D eigenvalue weighted by molar-refractivity contribution is 5.99. The number of pyridine rings is 1. The molecule has 0 aliphatic rings. The number of hydrogen-bond acceptors (Lipinski definition) is 5. The van der Waals surface area contributed by atoms with Gasteiger partial charge in [0.05, 0.1) is 30.9 Å². The van der Waals surface area contributed by atoms with Crippen molar-refractivity contribution in [1.82, 2.24) is 10.3 Å². The van der Waals surface area contributed by atoms with Gasteiger partial charge >= 0.3 is 0 Å². The van der Waals surface area contributed by atoms with E-state index < -0.39 is 0 Å². The van der Waals surface area contributed by atoms with Gasteiger partial charge in [0.1, 0.15) is 11.6 Å². The molecule has 3 rings (SSSR count). The molecule has 0 aliphatic heterocycles. The van der Waals surface area contributed by atoms with Gasteiger partial charge in [0.15, 0.2) is 0 Å². The SMILES string of the molecule is COc1ccccc1Nc1ncccc1C(=O)NCc1ccoc1. The van der Waals surface area contributed by atoms with Crippen molar-refractivity contribution in [1.29, 1.82) is 0 Å². The number of methoxy groups -OCH3 is 1. The van der Waals surface area contributed by atoms with E-state index in [2.05, 4.69) is 15.6 Å². The van der Waals surface area contributed by atoms with Crippen LogP contribution in [0, 0.1) is 0 Å². The summed E-state index contributed by atoms with van der Waals surface area (Å²) in [6.45, 7) is 0.387. The molecule has 6 nitrogen and oxygen atoms in total. The number of carbonyl (C=O) groups is 1. The van der Waals surface area contributed by atoms with Crippen LogP contribution in [0.4, 0.5) is 11.5 Å². The first kappa shape index (κ1) is 15.6. The van der Waals surface area contributed by atoms with Crippen LogP contribution in [0.1, 0.15) is 15.9 Å². The van der Waals surface area contributed by atoms with E-state index in [0.29, 0.717) is 23.7 Å². The number of para-hydroxylation sites is 2. The molecule has 6 heteroatoms. The number of amides is 1. The number of nitrogens with zero attached hydrogens (tertiary/aromatic N) is 1. The molecule has 0 unspecified atom stereocenters. The Morgan fingerprint density at radius 3 is 2.88 bits per heavy atom. The molecule has 122 valence electrons. The minimum atomic E-state index is -0.221. The fraction of sp³-hybridized carbons (Fsp3) is 0.111. The molecule has 0 atom stereocenters. The monoisotopic (exact) mass is 323 g/mol. The molecule has 24 heavy (non-hydrogen) atoms. The van der Waals surface area contributed by atoms with Crippen molar-refractivity contribution in [2.45, 2.75) is 6.54 Å². The van der Waals surface area contributed by atoms with Gasteiger partial charge in [-0.2, -0.15) is 0 Å². The maximum atomic E-state index is 12.5. The van der Waals surface area contributed by atoms with Crippen molar-refractivity contribution in [3.05, 3.63) is 72.3 Å². The van der Waals surface area contributed by atoms with Crippen LogP contribution in [0.3, 0.4) is 0 Å². The summed E-state index contributed by atoms with van der Waals surface area (Å²) >= 11 is 0. The lowest BCUT2D eigenvalue weighted by molar-refractivity contribution is 0.0951. The van der Waals surface area contributed by atoms with Crippen LogP contribution in [0.2, 0.25) is 0 Å². The number of furan rings is 1. The minimum absolute atomic E-state index is 0.221. The van der Waals surface area contributed by atoms with Crippen molar-refractivity contribution in [3.8, 4) is 5.75 Å². The highest BCUT2D eigenvalue weighted by Gasteiger charge is 2.13. The van der Waals surface area contributed by atoms with E-state index in [4.69, 9.17) is 9.15 Å². The summed E-state index contributed by atoms with van der Waals surface area (Å²) < 4.78 is 10.3. The number of anilines is 2. The van der Waals surface area contributed by atoms with E-state index in [9.17, 15) is 4.79 Å². The largest absolute Gasteiger partial charge is 0.495 e. The molecule has 2 aromatic heterocycles. The number of aromatic nitrogens is 1. The predicted molar refractivity (Wildman–Crippen MR) is 90.4 cm³/mol. The summed E-state index contributed by atoms with van der Waals surface area (Å²) in [5, 5.41) is 6.00. The number of ether oxygens (including phenoxy) is 1. The topological polar surface area (TPSA) is 76.4 Å². The zero-order chi connectivity index (χ0) is 16.8. The van der Waals surface area contributed by atoms with Crippen LogP contribution in [0.15, 0.2) is 65.6 Å². The Hall–Kier alpha value is -3.28. The van der Waals surface area contributed by atoms with E-state index in [1.807, 2.05) is 24.3 Å². The Morgan fingerprint density at radius 2 is 2.08 bits per heavy atom. The summed E-state index contributed by atoms with van der Waals surface area (Å²) in [5.74, 6) is 0.918. The number of benzene rings is 1. The second-order valence-electron chi connectivity index (χ2n) is 5.04. The van der Waals surface area contributed by atoms with Crippen LogP contribution >= 0.6 is 0 Å². The van der Waals surface area contributed by atoms with Crippen molar-refractivity contribution >= 4 is 17.4 Å². The third kappa shape index (κ3) is 3.55. The van der Waals surface area contributed by atoms with Crippen LogP contribution in [0.5, 0.6) is 5.75 Å². The average Bonchev–Trinajstić information content (AvgIpc) is 3.14. The third-order valence-corrected chi connectivity index (χ3v) is 3.45. The maximum absolute atomic E-state index is 12.5. The summed E-state index contributed by atoms with van der Waals surface area (Å²) in [4.78, 5) is 16.7. The van der Waals surface area contributed by atoms with Gasteiger partial charge in [0.2, 0.25) is 0 Å². The lowest BCUT2D eigenvalue weighted by atomic mass is 10.2. The van der Waals surface area contributed by atoms with Crippen LogP contribution < -0.4 is 15.4 Å². The van der Waals surface area contributed by atoms with Crippen LogP contribution in [-0.4, -0.2) is 18.0 Å². The van der Waals surface area contributed by atoms with Crippen molar-refractivity contribution < 1.29 is 13.9 Å². The second-order valence-corrected chi connectivity index (χ2v) is 5.04. The van der Waals surface area contributed by atoms with Crippen molar-refractivity contribution in [2.24, 2.45) is 0 Å². The molecule has 3 aromatic rings. The fourth-order valence-corrected chi connectivity index (χ4v) is 2.23. The summed E-state index contributed by atoms with van der Waals surface area (Å²) in [7, 11) is 1.59. The highest BCUT2D eigenvalue weighted by Crippen LogP contribution is 2.27. The van der Waals surface area contributed by atoms with Gasteiger partial charge in [-0.25, -0.2) is 4.98 Å². The summed E-state index contributed by atoms with van der Waals surface area (Å²) in [5.41, 5.74) is 2.08. The Bertz CT molecular complexity index is 816. The Morgan fingerprint density at radius 1 is 1.21 bits per heavy atom. The molecular formula is C18H17N3O3. The van der Waals surface area contributed by atoms with E-state index in [0.717, 1.165) is 11.3 Å². The predicted octanol–water partition coefficient (Wildman–Crippen LogP) is 3.36. The first-order valence-electron chi connectivity index (χ1n) is 7.42. The van der Waals surface area contributed by atoms with Crippen molar-refractivity contribution in [2.75, 3.05) is 12.4 Å². The van der Waals surface area contributed by atoms with E-state index in [-0.39, 0.29) is 5.91 Å². The van der Waals surface area contributed by atoms with Gasteiger partial charge in [-0.05, 0) is 30.3 Å². The normalized spacial score (nSPS) is 10.2. The molecule has 0 saturated carbocycles. The third-order valence-electron chi connectivity index (χ3n) is 3.45. The first-order valence-corrected chi connectivity index (χ1v) is 7.42. The molecule has 0 saturated heterocycles. The zero-order valence-electron chi connectivity index (χ0n) is 13.2. The Balaban J connectivity index is 1.78. The molecule has 2 N–H and O–H groups in total. The van der Waals surface area contributed by atoms with Gasteiger partial charge in [-0.1, -0.05) is 12.1 Å². The molecule has 0 bridgehead atoms. The average molecular weight is 323 g/mol. The van der Waals surface area contributed by atoms with Crippen LogP contribution in [-0.2, 0) is 6.54 Å². The van der Waals surface area contributed by atoms with E-state index >= 15 is 0 Å². The van der Waals surface area contributed by atoms with E-state index in [1.165, 1.54) is 0 Å². The lowest BCUT2D eigenvalue weighted by Gasteiger charge is -2.13. The Kier molecular flexibility index (Phi) is 4.76. The van der Waals surface area contributed by atoms with Crippen LogP contribution in [0.25, 0.3) is 0 Å². The molecule has 0 radical (unpaired) electrons. The number of carbonyl (C=O) groups excluding carboxylic acids is 1. The molecule has 2 heterocycles. The Labute approximate surface area is 139 Å². The lowest BCUT2D eigenvalue weighted by Crippen LogP contribution is -2.23. The highest BCUT2D eigenvalue weighted by atomic mass is 16.5. The smallest absolute Gasteiger partial charge is 0.255 e. The van der Waals surface area contributed by atoms with Gasteiger partial charge in [-0.15, -0.1) is 0 Å². The molecule has 1 amide bonds. The van der Waals surface area contributed by atoms with Gasteiger partial charge in [-0.3, -0.25) is 4.79 Å². The quantitative estimate of drug-likeness (QED) is 0.727. The number of hydrogen-bond donors (Lipinski definition) is 2. The molecular weight excluding hydrogens is 306 g/mol. The second kappa shape index (κ2) is 7.32. The molecule has 0 fully saturated rings. The summed E-state index contributed by atoms with van der Waals surface area (Å²) in [6, 6.07) is 12.7. The van der Waals surface area contributed by atoms with Gasteiger partial charge < -0.3 is 19.8 Å². The van der Waals surface area contributed by atoms with Gasteiger partial charge in [0, 0.05) is 18.3 Å². The number of rotatable bonds is 6. The zero-order valence-corrected chi connectivity index (χ0v) is 13.2. The molecule has 0 aliphatic carbocycles. The molecule has 0 spiro atoms.